The normalized spacial score (nSPS) is 11.7. The van der Waals surface area contributed by atoms with Gasteiger partial charge >= 0.3 is 0 Å². The fourth-order valence-electron chi connectivity index (χ4n) is 1.62. The van der Waals surface area contributed by atoms with Crippen LogP contribution in [0.2, 0.25) is 0 Å². The molecular formula is C14H17N3O3S. The molecule has 112 valence electrons. The van der Waals surface area contributed by atoms with E-state index < -0.39 is 15.3 Å². The minimum absolute atomic E-state index is 0.195. The third kappa shape index (κ3) is 4.38. The molecule has 1 aromatic rings. The van der Waals surface area contributed by atoms with E-state index in [9.17, 15) is 8.42 Å². The van der Waals surface area contributed by atoms with Gasteiger partial charge in [-0.15, -0.1) is 0 Å². The van der Waals surface area contributed by atoms with Crippen LogP contribution >= 0.6 is 0 Å². The summed E-state index contributed by atoms with van der Waals surface area (Å²) in [4.78, 5) is 0. The van der Waals surface area contributed by atoms with Crippen molar-refractivity contribution in [2.75, 3.05) is 18.4 Å². The molecule has 6 nitrogen and oxygen atoms in total. The third-order valence-electron chi connectivity index (χ3n) is 2.68. The molecule has 7 heteroatoms. The first-order valence-corrected chi connectivity index (χ1v) is 7.81. The maximum atomic E-state index is 12.1. The second-order valence-electron chi connectivity index (χ2n) is 4.09. The number of anilines is 1. The Morgan fingerprint density at radius 1 is 1.48 bits per heavy atom. The molecule has 0 spiro atoms. The van der Waals surface area contributed by atoms with Crippen LogP contribution in [0, 0.1) is 23.2 Å². The van der Waals surface area contributed by atoms with Gasteiger partial charge in [-0.05, 0) is 24.6 Å². The van der Waals surface area contributed by atoms with Gasteiger partial charge in [0.2, 0.25) is 10.0 Å². The van der Waals surface area contributed by atoms with Crippen LogP contribution in [0.25, 0.3) is 0 Å². The molecule has 0 saturated heterocycles. The zero-order chi connectivity index (χ0) is 15.9. The average molecular weight is 307 g/mol. The predicted octanol–water partition coefficient (Wildman–Crippen LogP) is 1.05. The summed E-state index contributed by atoms with van der Waals surface area (Å²) in [7, 11) is -2.38. The Labute approximate surface area is 125 Å². The molecule has 0 fully saturated rings. The maximum Gasteiger partial charge on any atom is 0.249 e. The fourth-order valence-corrected chi connectivity index (χ4v) is 2.81. The van der Waals surface area contributed by atoms with Crippen LogP contribution in [-0.4, -0.2) is 27.3 Å². The molecule has 21 heavy (non-hydrogen) atoms. The topological polar surface area (TPSA) is 105 Å². The summed E-state index contributed by atoms with van der Waals surface area (Å²) < 4.78 is 31.7. The number of nitriles is 1. The summed E-state index contributed by atoms with van der Waals surface area (Å²) >= 11 is 0. The lowest BCUT2D eigenvalue weighted by Crippen LogP contribution is -2.26. The van der Waals surface area contributed by atoms with Crippen molar-refractivity contribution >= 4 is 15.7 Å². The van der Waals surface area contributed by atoms with Gasteiger partial charge in [0.05, 0.1) is 25.4 Å². The van der Waals surface area contributed by atoms with Crippen LogP contribution in [-0.2, 0) is 10.0 Å². The number of nitrogens with zero attached hydrogens (tertiary/aromatic N) is 1. The van der Waals surface area contributed by atoms with E-state index >= 15 is 0 Å². The highest BCUT2D eigenvalue weighted by molar-refractivity contribution is 7.93. The van der Waals surface area contributed by atoms with Gasteiger partial charge in [0.15, 0.2) is 5.25 Å². The van der Waals surface area contributed by atoms with Gasteiger partial charge in [-0.1, -0.05) is 18.8 Å². The zero-order valence-corrected chi connectivity index (χ0v) is 12.7. The third-order valence-corrected chi connectivity index (χ3v) is 4.37. The molecule has 0 aliphatic heterocycles. The maximum absolute atomic E-state index is 12.1. The Morgan fingerprint density at radius 3 is 2.71 bits per heavy atom. The first kappa shape index (κ1) is 16.8. The van der Waals surface area contributed by atoms with Crippen molar-refractivity contribution < 1.29 is 13.2 Å². The molecule has 1 atom stereocenters. The summed E-state index contributed by atoms with van der Waals surface area (Å²) in [5, 5.41) is 7.78. The number of benzene rings is 1. The molecule has 0 aliphatic carbocycles. The van der Waals surface area contributed by atoms with E-state index in [0.717, 1.165) is 0 Å². The van der Waals surface area contributed by atoms with E-state index in [0.29, 0.717) is 11.3 Å². The molecule has 0 aromatic heterocycles. The molecule has 1 rings (SSSR count). The van der Waals surface area contributed by atoms with Gasteiger partial charge in [0.25, 0.3) is 0 Å². The second kappa shape index (κ2) is 7.53. The lowest BCUT2D eigenvalue weighted by molar-refractivity contribution is 0.417. The van der Waals surface area contributed by atoms with E-state index in [-0.39, 0.29) is 18.7 Å². The van der Waals surface area contributed by atoms with Crippen molar-refractivity contribution in [1.29, 1.82) is 5.26 Å². The largest absolute Gasteiger partial charge is 0.495 e. The lowest BCUT2D eigenvalue weighted by Gasteiger charge is -2.14. The molecule has 1 aromatic carbocycles. The Balaban J connectivity index is 3.20. The van der Waals surface area contributed by atoms with Crippen LogP contribution in [0.15, 0.2) is 18.2 Å². The fraction of sp³-hybridized carbons (Fsp3) is 0.357. The molecule has 0 saturated carbocycles. The zero-order valence-electron chi connectivity index (χ0n) is 11.9. The minimum atomic E-state index is -3.81. The molecule has 0 amide bonds. The summed E-state index contributed by atoms with van der Waals surface area (Å²) in [5.41, 5.74) is 6.15. The predicted molar refractivity (Wildman–Crippen MR) is 81.2 cm³/mol. The van der Waals surface area contributed by atoms with Crippen molar-refractivity contribution in [2.24, 2.45) is 5.73 Å². The summed E-state index contributed by atoms with van der Waals surface area (Å²) in [6, 6.07) is 6.61. The number of hydrogen-bond donors (Lipinski definition) is 2. The van der Waals surface area contributed by atoms with Crippen molar-refractivity contribution in [3.8, 4) is 23.7 Å². The average Bonchev–Trinajstić information content (AvgIpc) is 2.45. The van der Waals surface area contributed by atoms with Crippen molar-refractivity contribution in [3.05, 3.63) is 23.8 Å². The number of nitrogens with one attached hydrogen (secondary N) is 1. The Morgan fingerprint density at radius 2 is 2.19 bits per heavy atom. The van der Waals surface area contributed by atoms with E-state index in [4.69, 9.17) is 15.7 Å². The van der Waals surface area contributed by atoms with Crippen LogP contribution in [0.4, 0.5) is 5.69 Å². The summed E-state index contributed by atoms with van der Waals surface area (Å²) in [6.45, 7) is 1.84. The first-order chi connectivity index (χ1) is 9.98. The lowest BCUT2D eigenvalue weighted by atomic mass is 10.2. The molecule has 0 aliphatic rings. The Hall–Kier alpha value is -2.22. The summed E-state index contributed by atoms with van der Waals surface area (Å²) in [5.74, 6) is 5.84. The highest BCUT2D eigenvalue weighted by Gasteiger charge is 2.24. The van der Waals surface area contributed by atoms with Gasteiger partial charge in [0.1, 0.15) is 5.75 Å². The van der Waals surface area contributed by atoms with Gasteiger partial charge < -0.3 is 10.5 Å². The number of rotatable bonds is 5. The SMILES string of the molecule is CCC(C#N)S(=O)(=O)Nc1cc(C#CCN)ccc1OC. The number of methoxy groups -OCH3 is 1. The number of ether oxygens (including phenoxy) is 1. The van der Waals surface area contributed by atoms with E-state index in [1.54, 1.807) is 31.2 Å². The van der Waals surface area contributed by atoms with Gasteiger partial charge in [-0.3, -0.25) is 4.72 Å². The first-order valence-electron chi connectivity index (χ1n) is 6.26. The minimum Gasteiger partial charge on any atom is -0.495 e. The van der Waals surface area contributed by atoms with Gasteiger partial charge in [-0.25, -0.2) is 8.42 Å². The standard InChI is InChI=1S/C14H17N3O3S/c1-3-12(10-16)21(18,19)17-13-9-11(5-4-8-15)6-7-14(13)20-2/h6-7,9,12,17H,3,8,15H2,1-2H3. The second-order valence-corrected chi connectivity index (χ2v) is 5.96. The molecule has 0 bridgehead atoms. The van der Waals surface area contributed by atoms with Gasteiger partial charge in [-0.2, -0.15) is 5.26 Å². The van der Waals surface area contributed by atoms with Crippen LogP contribution < -0.4 is 15.2 Å². The van der Waals surface area contributed by atoms with Crippen LogP contribution in [0.3, 0.4) is 0 Å². The highest BCUT2D eigenvalue weighted by Crippen LogP contribution is 2.27. The Bertz CT molecular complexity index is 696. The van der Waals surface area contributed by atoms with E-state index in [1.807, 2.05) is 0 Å². The highest BCUT2D eigenvalue weighted by atomic mass is 32.2. The van der Waals surface area contributed by atoms with Crippen molar-refractivity contribution in [3.63, 3.8) is 0 Å². The van der Waals surface area contributed by atoms with Crippen molar-refractivity contribution in [2.45, 2.75) is 18.6 Å². The van der Waals surface area contributed by atoms with E-state index in [1.165, 1.54) is 7.11 Å². The molecule has 0 heterocycles. The Kier molecular flexibility index (Phi) is 6.04. The number of sulfonamides is 1. The number of hydrogen-bond acceptors (Lipinski definition) is 5. The van der Waals surface area contributed by atoms with Gasteiger partial charge in [0, 0.05) is 5.56 Å². The quantitative estimate of drug-likeness (QED) is 0.791. The van der Waals surface area contributed by atoms with Crippen LogP contribution in [0.5, 0.6) is 5.75 Å². The van der Waals surface area contributed by atoms with E-state index in [2.05, 4.69) is 16.6 Å². The summed E-state index contributed by atoms with van der Waals surface area (Å²) in [6.07, 6.45) is 0.195. The molecule has 3 N–H and O–H groups in total. The molecule has 1 unspecified atom stereocenters. The molecule has 0 radical (unpaired) electrons. The number of nitrogens with two attached hydrogens (primary N) is 1. The molecular weight excluding hydrogens is 290 g/mol. The van der Waals surface area contributed by atoms with Crippen molar-refractivity contribution in [1.82, 2.24) is 0 Å². The monoisotopic (exact) mass is 307 g/mol. The van der Waals surface area contributed by atoms with Crippen LogP contribution in [0.1, 0.15) is 18.9 Å². The smallest absolute Gasteiger partial charge is 0.249 e.